The quantitative estimate of drug-likeness (QED) is 0.626. The van der Waals surface area contributed by atoms with Crippen molar-refractivity contribution < 1.29 is 32.7 Å². The number of benzene rings is 1. The number of piperidine rings is 1. The third-order valence-corrected chi connectivity index (χ3v) is 4.01. The van der Waals surface area contributed by atoms with Crippen molar-refractivity contribution in [2.24, 2.45) is 5.92 Å². The first kappa shape index (κ1) is 21.5. The van der Waals surface area contributed by atoms with Gasteiger partial charge in [0.2, 0.25) is 5.91 Å². The number of carbonyl (C=O) groups excluding carboxylic acids is 2. The van der Waals surface area contributed by atoms with Gasteiger partial charge in [0.1, 0.15) is 0 Å². The number of aliphatic carboxylic acids is 1. The number of nitrogens with zero attached hydrogens (tertiary/aromatic N) is 1. The number of nitrogens with two attached hydrogens (primary N) is 1. The summed E-state index contributed by atoms with van der Waals surface area (Å²) < 4.78 is 31.7. The van der Waals surface area contributed by atoms with Gasteiger partial charge in [0.05, 0.1) is 0 Å². The molecule has 2 rings (SSSR count). The van der Waals surface area contributed by atoms with Crippen LogP contribution in [0.25, 0.3) is 0 Å². The molecule has 26 heavy (non-hydrogen) atoms. The molecule has 6 nitrogen and oxygen atoms in total. The molecule has 1 aliphatic rings. The van der Waals surface area contributed by atoms with Crippen LogP contribution in [0.15, 0.2) is 24.3 Å². The van der Waals surface area contributed by atoms with Crippen molar-refractivity contribution in [3.8, 4) is 0 Å². The number of alkyl halides is 3. The Labute approximate surface area is 148 Å². The lowest BCUT2D eigenvalue weighted by atomic mass is 9.90. The number of nitrogen functional groups attached to an aromatic ring is 1. The van der Waals surface area contributed by atoms with E-state index >= 15 is 0 Å². The standard InChI is InChI=1S/C15H20N2O2.C2HF3O2/c1-11(18)17-8-6-12(7-9-17)10-15(19)13-2-4-14(16)5-3-13;3-2(4,5)1(6)7/h2-5,12H,6-10,16H2,1H3;(H,6,7). The second-order valence-corrected chi connectivity index (χ2v) is 6.00. The Hall–Kier alpha value is -2.58. The van der Waals surface area contributed by atoms with Gasteiger partial charge < -0.3 is 15.7 Å². The van der Waals surface area contributed by atoms with Crippen molar-refractivity contribution in [2.75, 3.05) is 18.8 Å². The number of rotatable bonds is 3. The Morgan fingerprint density at radius 3 is 2.00 bits per heavy atom. The Bertz CT molecular complexity index is 636. The van der Waals surface area contributed by atoms with Gasteiger partial charge >= 0.3 is 12.1 Å². The molecule has 0 aromatic heterocycles. The average Bonchev–Trinajstić information content (AvgIpc) is 2.55. The lowest BCUT2D eigenvalue weighted by Crippen LogP contribution is -2.37. The number of carbonyl (C=O) groups is 3. The molecule has 9 heteroatoms. The fraction of sp³-hybridized carbons (Fsp3) is 0.471. The lowest BCUT2D eigenvalue weighted by molar-refractivity contribution is -0.192. The molecule has 0 radical (unpaired) electrons. The van der Waals surface area contributed by atoms with E-state index in [0.717, 1.165) is 31.5 Å². The van der Waals surface area contributed by atoms with Crippen molar-refractivity contribution in [1.82, 2.24) is 4.90 Å². The molecule has 144 valence electrons. The molecule has 1 aromatic rings. The highest BCUT2D eigenvalue weighted by atomic mass is 19.4. The maximum atomic E-state index is 12.1. The Kier molecular flexibility index (Phi) is 7.60. The van der Waals surface area contributed by atoms with Crippen LogP contribution >= 0.6 is 0 Å². The number of likely N-dealkylation sites (tertiary alicyclic amines) is 1. The molecule has 0 aliphatic carbocycles. The van der Waals surface area contributed by atoms with Crippen molar-refractivity contribution in [1.29, 1.82) is 0 Å². The molecule has 0 saturated carbocycles. The monoisotopic (exact) mass is 374 g/mol. The van der Waals surface area contributed by atoms with Gasteiger partial charge in [-0.3, -0.25) is 9.59 Å². The van der Waals surface area contributed by atoms with E-state index in [2.05, 4.69) is 0 Å². The Balaban J connectivity index is 0.000000412. The van der Waals surface area contributed by atoms with Crippen molar-refractivity contribution in [2.45, 2.75) is 32.4 Å². The van der Waals surface area contributed by atoms with Crippen molar-refractivity contribution in [3.05, 3.63) is 29.8 Å². The minimum absolute atomic E-state index is 0.128. The van der Waals surface area contributed by atoms with Gasteiger partial charge in [-0.2, -0.15) is 13.2 Å². The van der Waals surface area contributed by atoms with Gasteiger partial charge in [-0.1, -0.05) is 0 Å². The molecule has 0 atom stereocenters. The Morgan fingerprint density at radius 1 is 1.15 bits per heavy atom. The molecular weight excluding hydrogens is 353 g/mol. The number of amides is 1. The summed E-state index contributed by atoms with van der Waals surface area (Å²) in [4.78, 5) is 34.1. The normalized spacial score (nSPS) is 15.0. The number of hydrogen-bond donors (Lipinski definition) is 2. The smallest absolute Gasteiger partial charge is 0.475 e. The summed E-state index contributed by atoms with van der Waals surface area (Å²) in [6.45, 7) is 3.14. The number of anilines is 1. The third kappa shape index (κ3) is 7.12. The fourth-order valence-corrected chi connectivity index (χ4v) is 2.50. The van der Waals surface area contributed by atoms with Gasteiger partial charge in [0.15, 0.2) is 5.78 Å². The second-order valence-electron chi connectivity index (χ2n) is 6.00. The molecule has 0 unspecified atom stereocenters. The third-order valence-electron chi connectivity index (χ3n) is 4.01. The highest BCUT2D eigenvalue weighted by Crippen LogP contribution is 2.22. The summed E-state index contributed by atoms with van der Waals surface area (Å²) in [7, 11) is 0. The molecule has 1 saturated heterocycles. The summed E-state index contributed by atoms with van der Waals surface area (Å²) >= 11 is 0. The van der Waals surface area contributed by atoms with E-state index in [4.69, 9.17) is 15.6 Å². The van der Waals surface area contributed by atoms with Gasteiger partial charge in [-0.25, -0.2) is 4.79 Å². The van der Waals surface area contributed by atoms with Crippen LogP contribution in [-0.2, 0) is 9.59 Å². The molecular formula is C17H21F3N2O4. The van der Waals surface area contributed by atoms with Crippen molar-refractivity contribution >= 4 is 23.3 Å². The molecule has 1 aromatic carbocycles. The Morgan fingerprint density at radius 2 is 1.62 bits per heavy atom. The average molecular weight is 374 g/mol. The van der Waals surface area contributed by atoms with E-state index in [9.17, 15) is 22.8 Å². The highest BCUT2D eigenvalue weighted by molar-refractivity contribution is 5.96. The highest BCUT2D eigenvalue weighted by Gasteiger charge is 2.38. The van der Waals surface area contributed by atoms with Gasteiger partial charge in [0.25, 0.3) is 0 Å². The minimum atomic E-state index is -5.08. The van der Waals surface area contributed by atoms with E-state index in [1.807, 2.05) is 4.90 Å². The first-order valence-corrected chi connectivity index (χ1v) is 7.95. The molecule has 1 aliphatic heterocycles. The summed E-state index contributed by atoms with van der Waals surface area (Å²) in [6, 6.07) is 7.07. The number of carboxylic acids is 1. The van der Waals surface area contributed by atoms with Crippen LogP contribution in [-0.4, -0.2) is 46.9 Å². The predicted molar refractivity (Wildman–Crippen MR) is 88.5 cm³/mol. The molecule has 1 fully saturated rings. The largest absolute Gasteiger partial charge is 0.490 e. The van der Waals surface area contributed by atoms with Crippen LogP contribution in [0.1, 0.15) is 36.5 Å². The maximum absolute atomic E-state index is 12.1. The zero-order valence-electron chi connectivity index (χ0n) is 14.3. The van der Waals surface area contributed by atoms with Gasteiger partial charge in [-0.05, 0) is 43.0 Å². The van der Waals surface area contributed by atoms with Crippen LogP contribution in [0.5, 0.6) is 0 Å². The molecule has 1 heterocycles. The van der Waals surface area contributed by atoms with Crippen molar-refractivity contribution in [3.63, 3.8) is 0 Å². The number of halogens is 3. The molecule has 3 N–H and O–H groups in total. The van der Waals surface area contributed by atoms with Crippen LogP contribution < -0.4 is 5.73 Å². The summed E-state index contributed by atoms with van der Waals surface area (Å²) in [6.07, 6.45) is -2.68. The van der Waals surface area contributed by atoms with E-state index in [-0.39, 0.29) is 11.7 Å². The number of Topliss-reactive ketones (excluding diaryl/α,β-unsaturated/α-hetero) is 1. The zero-order valence-corrected chi connectivity index (χ0v) is 14.3. The van der Waals surface area contributed by atoms with Crippen LogP contribution in [0.2, 0.25) is 0 Å². The summed E-state index contributed by atoms with van der Waals surface area (Å²) in [5.74, 6) is -2.07. The van der Waals surface area contributed by atoms with Gasteiger partial charge in [-0.15, -0.1) is 0 Å². The fourth-order valence-electron chi connectivity index (χ4n) is 2.50. The second kappa shape index (κ2) is 9.21. The van der Waals surface area contributed by atoms with Gasteiger partial charge in [0, 0.05) is 37.7 Å². The topological polar surface area (TPSA) is 101 Å². The predicted octanol–water partition coefficient (Wildman–Crippen LogP) is 2.73. The van der Waals surface area contributed by atoms with Crippen LogP contribution in [0.3, 0.4) is 0 Å². The van der Waals surface area contributed by atoms with E-state index < -0.39 is 12.1 Å². The number of hydrogen-bond acceptors (Lipinski definition) is 4. The number of ketones is 1. The molecule has 0 spiro atoms. The summed E-state index contributed by atoms with van der Waals surface area (Å²) in [5, 5.41) is 7.12. The maximum Gasteiger partial charge on any atom is 0.490 e. The summed E-state index contributed by atoms with van der Waals surface area (Å²) in [5.41, 5.74) is 7.00. The van der Waals surface area contributed by atoms with Crippen LogP contribution in [0.4, 0.5) is 18.9 Å². The van der Waals surface area contributed by atoms with E-state index in [0.29, 0.717) is 18.0 Å². The number of carboxylic acid groups (broad SMARTS) is 1. The van der Waals surface area contributed by atoms with E-state index in [1.165, 1.54) is 0 Å². The first-order chi connectivity index (χ1) is 12.0. The molecule has 0 bridgehead atoms. The molecule has 1 amide bonds. The van der Waals surface area contributed by atoms with E-state index in [1.54, 1.807) is 31.2 Å². The minimum Gasteiger partial charge on any atom is -0.475 e. The first-order valence-electron chi connectivity index (χ1n) is 7.95. The van der Waals surface area contributed by atoms with Crippen LogP contribution in [0, 0.1) is 5.92 Å². The SMILES string of the molecule is CC(=O)N1CCC(CC(=O)c2ccc(N)cc2)CC1.O=C(O)C(F)(F)F. The zero-order chi connectivity index (χ0) is 19.9. The lowest BCUT2D eigenvalue weighted by Gasteiger charge is -2.30.